The maximum absolute atomic E-state index is 5.55. The second-order valence-corrected chi connectivity index (χ2v) is 4.07. The van der Waals surface area contributed by atoms with Gasteiger partial charge in [0.05, 0.1) is 19.3 Å². The van der Waals surface area contributed by atoms with Crippen LogP contribution in [0.1, 0.15) is 32.6 Å². The van der Waals surface area contributed by atoms with Crippen LogP contribution in [0.25, 0.3) is 0 Å². The average Bonchev–Trinajstić information content (AvgIpc) is 2.65. The van der Waals surface area contributed by atoms with Gasteiger partial charge in [-0.25, -0.2) is 0 Å². The molecule has 84 valence electrons. The minimum absolute atomic E-state index is 0.213. The van der Waals surface area contributed by atoms with E-state index in [-0.39, 0.29) is 6.10 Å². The van der Waals surface area contributed by atoms with Crippen LogP contribution in [0.5, 0.6) is 0 Å². The lowest BCUT2D eigenvalue weighted by molar-refractivity contribution is 0.0101. The Bertz CT molecular complexity index is 135. The van der Waals surface area contributed by atoms with E-state index >= 15 is 0 Å². The number of hydrogen-bond acceptors (Lipinski definition) is 3. The summed E-state index contributed by atoms with van der Waals surface area (Å²) >= 11 is 0. The smallest absolute Gasteiger partial charge is 0.0780 e. The number of methoxy groups -OCH3 is 1. The summed E-state index contributed by atoms with van der Waals surface area (Å²) in [5.74, 6) is 0. The van der Waals surface area contributed by atoms with Crippen molar-refractivity contribution in [2.24, 2.45) is 0 Å². The lowest BCUT2D eigenvalue weighted by Gasteiger charge is -2.14. The summed E-state index contributed by atoms with van der Waals surface area (Å²) in [6.45, 7) is 4.49. The van der Waals surface area contributed by atoms with Crippen molar-refractivity contribution in [1.82, 2.24) is 5.32 Å². The van der Waals surface area contributed by atoms with Crippen LogP contribution in [0.4, 0.5) is 0 Å². The maximum Gasteiger partial charge on any atom is 0.0780 e. The third-order valence-corrected chi connectivity index (χ3v) is 2.69. The standard InChI is InChI=1S/C11H23NO2/c1-10(9-13-2)14-8-7-12-11-5-3-4-6-11/h10-12H,3-9H2,1-2H3. The van der Waals surface area contributed by atoms with E-state index in [0.717, 1.165) is 19.2 Å². The first kappa shape index (κ1) is 12.0. The summed E-state index contributed by atoms with van der Waals surface area (Å²) in [7, 11) is 1.70. The predicted octanol–water partition coefficient (Wildman–Crippen LogP) is 1.57. The Morgan fingerprint density at radius 3 is 2.71 bits per heavy atom. The summed E-state index contributed by atoms with van der Waals surface area (Å²) < 4.78 is 10.5. The average molecular weight is 201 g/mol. The molecule has 0 saturated heterocycles. The number of nitrogens with one attached hydrogen (secondary N) is 1. The van der Waals surface area contributed by atoms with Crippen molar-refractivity contribution in [1.29, 1.82) is 0 Å². The van der Waals surface area contributed by atoms with Crippen molar-refractivity contribution in [2.75, 3.05) is 26.9 Å². The van der Waals surface area contributed by atoms with Gasteiger partial charge in [0, 0.05) is 19.7 Å². The zero-order valence-electron chi connectivity index (χ0n) is 9.42. The third kappa shape index (κ3) is 4.94. The highest BCUT2D eigenvalue weighted by Gasteiger charge is 2.13. The minimum atomic E-state index is 0.213. The molecule has 0 aromatic carbocycles. The van der Waals surface area contributed by atoms with Gasteiger partial charge in [0.25, 0.3) is 0 Å². The Morgan fingerprint density at radius 1 is 1.36 bits per heavy atom. The molecule has 0 radical (unpaired) electrons. The van der Waals surface area contributed by atoms with Crippen LogP contribution in [-0.4, -0.2) is 39.0 Å². The molecule has 14 heavy (non-hydrogen) atoms. The van der Waals surface area contributed by atoms with Crippen LogP contribution >= 0.6 is 0 Å². The molecule has 1 atom stereocenters. The largest absolute Gasteiger partial charge is 0.382 e. The normalized spacial score (nSPS) is 20.1. The summed E-state index contributed by atoms with van der Waals surface area (Å²) in [6.07, 6.45) is 5.67. The number of ether oxygens (including phenoxy) is 2. The molecule has 3 heteroatoms. The monoisotopic (exact) mass is 201 g/mol. The molecule has 1 unspecified atom stereocenters. The van der Waals surface area contributed by atoms with Gasteiger partial charge in [0.15, 0.2) is 0 Å². The molecule has 3 nitrogen and oxygen atoms in total. The van der Waals surface area contributed by atoms with Crippen LogP contribution in [0, 0.1) is 0 Å². The van der Waals surface area contributed by atoms with Crippen LogP contribution < -0.4 is 5.32 Å². The summed E-state index contributed by atoms with van der Waals surface area (Å²) in [6, 6.07) is 0.747. The van der Waals surface area contributed by atoms with E-state index < -0.39 is 0 Å². The van der Waals surface area contributed by atoms with Gasteiger partial charge in [-0.15, -0.1) is 0 Å². The Labute approximate surface area is 87.2 Å². The van der Waals surface area contributed by atoms with E-state index in [4.69, 9.17) is 9.47 Å². The van der Waals surface area contributed by atoms with Gasteiger partial charge in [-0.2, -0.15) is 0 Å². The van der Waals surface area contributed by atoms with Gasteiger partial charge in [0.1, 0.15) is 0 Å². The number of rotatable bonds is 7. The molecule has 1 aliphatic carbocycles. The van der Waals surface area contributed by atoms with Gasteiger partial charge < -0.3 is 14.8 Å². The highest BCUT2D eigenvalue weighted by atomic mass is 16.5. The predicted molar refractivity (Wildman–Crippen MR) is 57.5 cm³/mol. The summed E-state index contributed by atoms with van der Waals surface area (Å²) in [4.78, 5) is 0. The second kappa shape index (κ2) is 7.21. The van der Waals surface area contributed by atoms with E-state index in [2.05, 4.69) is 5.32 Å². The molecular weight excluding hydrogens is 178 g/mol. The molecule has 0 aliphatic heterocycles. The van der Waals surface area contributed by atoms with Gasteiger partial charge in [0.2, 0.25) is 0 Å². The maximum atomic E-state index is 5.55. The first-order valence-corrected chi connectivity index (χ1v) is 5.67. The van der Waals surface area contributed by atoms with E-state index in [1.807, 2.05) is 6.92 Å². The van der Waals surface area contributed by atoms with E-state index in [9.17, 15) is 0 Å². The summed E-state index contributed by atoms with van der Waals surface area (Å²) in [5, 5.41) is 3.51. The third-order valence-electron chi connectivity index (χ3n) is 2.69. The van der Waals surface area contributed by atoms with E-state index in [0.29, 0.717) is 6.61 Å². The van der Waals surface area contributed by atoms with Gasteiger partial charge in [-0.05, 0) is 19.8 Å². The SMILES string of the molecule is COCC(C)OCCNC1CCCC1. The van der Waals surface area contributed by atoms with Crippen LogP contribution in [0.2, 0.25) is 0 Å². The fourth-order valence-corrected chi connectivity index (χ4v) is 1.94. The van der Waals surface area contributed by atoms with Crippen LogP contribution in [0.3, 0.4) is 0 Å². The molecule has 0 heterocycles. The molecule has 0 spiro atoms. The van der Waals surface area contributed by atoms with Crippen molar-refractivity contribution >= 4 is 0 Å². The topological polar surface area (TPSA) is 30.5 Å². The molecule has 0 amide bonds. The van der Waals surface area contributed by atoms with Crippen LogP contribution in [-0.2, 0) is 9.47 Å². The van der Waals surface area contributed by atoms with E-state index in [1.54, 1.807) is 7.11 Å². The second-order valence-electron chi connectivity index (χ2n) is 4.07. The highest BCUT2D eigenvalue weighted by Crippen LogP contribution is 2.17. The molecule has 0 aromatic rings. The highest BCUT2D eigenvalue weighted by molar-refractivity contribution is 4.73. The molecular formula is C11H23NO2. The Hall–Kier alpha value is -0.120. The lowest BCUT2D eigenvalue weighted by atomic mass is 10.2. The fourth-order valence-electron chi connectivity index (χ4n) is 1.94. The van der Waals surface area contributed by atoms with Crippen molar-refractivity contribution in [3.05, 3.63) is 0 Å². The lowest BCUT2D eigenvalue weighted by Crippen LogP contribution is -2.30. The van der Waals surface area contributed by atoms with Crippen molar-refractivity contribution in [2.45, 2.75) is 44.8 Å². The Balaban J connectivity index is 1.88. The first-order chi connectivity index (χ1) is 6.83. The molecule has 1 N–H and O–H groups in total. The molecule has 1 fully saturated rings. The number of hydrogen-bond donors (Lipinski definition) is 1. The molecule has 0 bridgehead atoms. The minimum Gasteiger partial charge on any atom is -0.382 e. The molecule has 0 aromatic heterocycles. The zero-order chi connectivity index (χ0) is 10.2. The van der Waals surface area contributed by atoms with Crippen molar-refractivity contribution < 1.29 is 9.47 Å². The molecule has 1 aliphatic rings. The Morgan fingerprint density at radius 2 is 2.07 bits per heavy atom. The van der Waals surface area contributed by atoms with Gasteiger partial charge in [-0.1, -0.05) is 12.8 Å². The zero-order valence-corrected chi connectivity index (χ0v) is 9.42. The van der Waals surface area contributed by atoms with Gasteiger partial charge in [-0.3, -0.25) is 0 Å². The fraction of sp³-hybridized carbons (Fsp3) is 1.00. The molecule has 1 rings (SSSR count). The van der Waals surface area contributed by atoms with E-state index in [1.165, 1.54) is 25.7 Å². The Kier molecular flexibility index (Phi) is 6.15. The van der Waals surface area contributed by atoms with Crippen LogP contribution in [0.15, 0.2) is 0 Å². The first-order valence-electron chi connectivity index (χ1n) is 5.67. The summed E-state index contributed by atoms with van der Waals surface area (Å²) in [5.41, 5.74) is 0. The van der Waals surface area contributed by atoms with Crippen molar-refractivity contribution in [3.8, 4) is 0 Å². The van der Waals surface area contributed by atoms with Crippen molar-refractivity contribution in [3.63, 3.8) is 0 Å². The van der Waals surface area contributed by atoms with Gasteiger partial charge >= 0.3 is 0 Å². The quantitative estimate of drug-likeness (QED) is 0.634. The molecule has 1 saturated carbocycles.